The van der Waals surface area contributed by atoms with E-state index in [0.29, 0.717) is 10.9 Å². The molecule has 6 nitrogen and oxygen atoms in total. The first-order chi connectivity index (χ1) is 15.7. The molecule has 0 atom stereocenters. The Morgan fingerprint density at radius 1 is 1.15 bits per heavy atom. The van der Waals surface area contributed by atoms with Gasteiger partial charge in [0.1, 0.15) is 0 Å². The Hall–Kier alpha value is -2.70. The number of ketones is 1. The lowest BCUT2D eigenvalue weighted by Crippen LogP contribution is -2.40. The molecule has 0 N–H and O–H groups in total. The summed E-state index contributed by atoms with van der Waals surface area (Å²) in [5.41, 5.74) is 2.61. The van der Waals surface area contributed by atoms with Crippen molar-refractivity contribution < 1.29 is 20.5 Å². The van der Waals surface area contributed by atoms with Crippen molar-refractivity contribution in [2.24, 2.45) is 0 Å². The summed E-state index contributed by atoms with van der Waals surface area (Å²) in [6, 6.07) is 10.8. The normalized spacial score (nSPS) is 27.5. The fourth-order valence-electron chi connectivity index (χ4n) is 2.61. The van der Waals surface area contributed by atoms with Crippen LogP contribution >= 0.6 is 0 Å². The molecule has 1 saturated heterocycles. The van der Waals surface area contributed by atoms with Gasteiger partial charge in [0.15, 0.2) is 5.78 Å². The third-order valence-electron chi connectivity index (χ3n) is 3.81. The number of ether oxygens (including phenoxy) is 1. The number of hydrogen-bond acceptors (Lipinski definition) is 6. The summed E-state index contributed by atoms with van der Waals surface area (Å²) in [4.78, 5) is 17.1. The van der Waals surface area contributed by atoms with Gasteiger partial charge < -0.3 is 4.74 Å². The molecular weight excluding hydrogens is 328 g/mol. The number of carbonyl (C=O) groups is 1. The van der Waals surface area contributed by atoms with Crippen LogP contribution in [0, 0.1) is 0 Å². The summed E-state index contributed by atoms with van der Waals surface area (Å²) >= 11 is 0. The Labute approximate surface area is 163 Å². The highest BCUT2D eigenvalue weighted by Crippen LogP contribution is 2.23. The zero-order chi connectivity index (χ0) is 24.9. The van der Waals surface area contributed by atoms with Crippen molar-refractivity contribution >= 4 is 16.7 Å². The molecule has 4 rings (SSSR count). The van der Waals surface area contributed by atoms with Crippen LogP contribution in [0.2, 0.25) is 0 Å². The van der Waals surface area contributed by atoms with Crippen molar-refractivity contribution in [1.82, 2.24) is 20.1 Å². The highest BCUT2D eigenvalue weighted by atomic mass is 16.5. The minimum Gasteiger partial charge on any atom is -0.379 e. The maximum absolute atomic E-state index is 12.8. The van der Waals surface area contributed by atoms with E-state index in [1.807, 2.05) is 24.3 Å². The highest BCUT2D eigenvalue weighted by Gasteiger charge is 2.15. The molecule has 1 fully saturated rings. The fraction of sp³-hybridized carbons (Fsp3) is 0.300. The molecule has 0 aliphatic carbocycles. The van der Waals surface area contributed by atoms with Gasteiger partial charge in [-0.3, -0.25) is 14.7 Å². The molecule has 2 aromatic heterocycles. The zero-order valence-corrected chi connectivity index (χ0v) is 13.6. The topological polar surface area (TPSA) is 68.2 Å². The number of fused-ring (bicyclic) bond motifs is 1. The number of Topliss-reactive ketones (excluding diaryl/α,β-unsaturated/α-hetero) is 1. The van der Waals surface area contributed by atoms with Gasteiger partial charge in [-0.1, -0.05) is 12.1 Å². The molecule has 1 aliphatic heterocycles. The largest absolute Gasteiger partial charge is 0.379 e. The first-order valence-electron chi connectivity index (χ1n) is 11.9. The molecule has 3 aromatic rings. The number of carbonyl (C=O) groups excluding carboxylic acids is 1. The number of morpholine rings is 1. The average molecular weight is 356 g/mol. The molecule has 0 radical (unpaired) electrons. The Morgan fingerprint density at radius 3 is 2.85 bits per heavy atom. The SMILES string of the molecule is [2H]C1([2H])OC([2H])([2H])C([2H])([2H])N(CC(=O)Cc2cc3cc(-c4cccnc4)ccc3nn2)C1([2H])[2H]. The Kier molecular flexibility index (Phi) is 2.91. The molecule has 0 unspecified atom stereocenters. The predicted octanol–water partition coefficient (Wildman–Crippen LogP) is 2.14. The van der Waals surface area contributed by atoms with E-state index in [-0.39, 0.29) is 17.0 Å². The third kappa shape index (κ3) is 3.92. The summed E-state index contributed by atoms with van der Waals surface area (Å²) in [7, 11) is 0. The number of nitrogens with zero attached hydrogens (tertiary/aromatic N) is 4. The highest BCUT2D eigenvalue weighted by molar-refractivity contribution is 5.86. The van der Waals surface area contributed by atoms with Crippen molar-refractivity contribution in [2.75, 3.05) is 32.7 Å². The quantitative estimate of drug-likeness (QED) is 0.698. The molecule has 3 heterocycles. The second-order valence-corrected chi connectivity index (χ2v) is 5.68. The van der Waals surface area contributed by atoms with Crippen LogP contribution in [-0.2, 0) is 16.0 Å². The molecule has 1 aliphatic rings. The first-order valence-corrected chi connectivity index (χ1v) is 7.91. The first kappa shape index (κ1) is 9.85. The Morgan fingerprint density at radius 2 is 2.04 bits per heavy atom. The van der Waals surface area contributed by atoms with Crippen molar-refractivity contribution in [3.05, 3.63) is 54.5 Å². The third-order valence-corrected chi connectivity index (χ3v) is 3.81. The van der Waals surface area contributed by atoms with Crippen molar-refractivity contribution in [1.29, 1.82) is 0 Å². The molecular formula is C20H20N4O2. The summed E-state index contributed by atoms with van der Waals surface area (Å²) in [6.07, 6.45) is 3.04. The number of aromatic nitrogens is 3. The average Bonchev–Trinajstić information content (AvgIpc) is 2.75. The van der Waals surface area contributed by atoms with Gasteiger partial charge in [0.2, 0.25) is 0 Å². The molecule has 0 saturated carbocycles. The molecule has 0 bridgehead atoms. The fourth-order valence-corrected chi connectivity index (χ4v) is 2.61. The van der Waals surface area contributed by atoms with Gasteiger partial charge in [0.05, 0.1) is 42.8 Å². The van der Waals surface area contributed by atoms with E-state index >= 15 is 0 Å². The van der Waals surface area contributed by atoms with E-state index in [9.17, 15) is 4.79 Å². The van der Waals surface area contributed by atoms with Crippen LogP contribution in [0.15, 0.2) is 48.8 Å². The molecule has 26 heavy (non-hydrogen) atoms. The van der Waals surface area contributed by atoms with Gasteiger partial charge in [0.25, 0.3) is 0 Å². The number of pyridine rings is 1. The van der Waals surface area contributed by atoms with E-state index < -0.39 is 38.4 Å². The van der Waals surface area contributed by atoms with Gasteiger partial charge >= 0.3 is 0 Å². The number of rotatable bonds is 5. The van der Waals surface area contributed by atoms with E-state index in [2.05, 4.69) is 19.9 Å². The van der Waals surface area contributed by atoms with Crippen molar-refractivity contribution in [3.63, 3.8) is 0 Å². The van der Waals surface area contributed by atoms with Gasteiger partial charge in [-0.05, 0) is 29.8 Å². The van der Waals surface area contributed by atoms with E-state index in [1.165, 1.54) is 0 Å². The van der Waals surface area contributed by atoms with Gasteiger partial charge in [-0.25, -0.2) is 0 Å². The van der Waals surface area contributed by atoms with Crippen LogP contribution in [0.1, 0.15) is 16.7 Å². The van der Waals surface area contributed by atoms with Crippen LogP contribution < -0.4 is 0 Å². The van der Waals surface area contributed by atoms with Crippen LogP contribution in [0.25, 0.3) is 22.0 Å². The van der Waals surface area contributed by atoms with Crippen molar-refractivity contribution in [2.45, 2.75) is 6.42 Å². The van der Waals surface area contributed by atoms with Crippen LogP contribution in [0.3, 0.4) is 0 Å². The van der Waals surface area contributed by atoms with Crippen LogP contribution in [0.4, 0.5) is 0 Å². The standard InChI is InChI=1S/C20H20N4O2/c25-19(14-24-6-8-26-9-7-24)12-18-11-17-10-15(3-4-20(17)23-22-18)16-2-1-5-21-13-16/h1-5,10-11,13H,6-9,12,14H2/i6D2,7D2,8D2,9D2. The van der Waals surface area contributed by atoms with Gasteiger partial charge in [-0.2, -0.15) is 10.2 Å². The lowest BCUT2D eigenvalue weighted by atomic mass is 10.0. The molecule has 0 amide bonds. The second kappa shape index (κ2) is 7.68. The summed E-state index contributed by atoms with van der Waals surface area (Å²) in [5, 5.41) is 8.81. The van der Waals surface area contributed by atoms with Crippen LogP contribution in [-0.4, -0.2) is 58.5 Å². The van der Waals surface area contributed by atoms with Gasteiger partial charge in [-0.15, -0.1) is 0 Å². The zero-order valence-electron chi connectivity index (χ0n) is 21.6. The second-order valence-electron chi connectivity index (χ2n) is 5.68. The lowest BCUT2D eigenvalue weighted by molar-refractivity contribution is -0.120. The maximum Gasteiger partial charge on any atom is 0.152 e. The minimum atomic E-state index is -3.20. The van der Waals surface area contributed by atoms with E-state index in [1.54, 1.807) is 24.5 Å². The number of hydrogen-bond donors (Lipinski definition) is 0. The molecule has 132 valence electrons. The summed E-state index contributed by atoms with van der Waals surface area (Å²) in [6.45, 7) is -13.5. The molecule has 6 heteroatoms. The molecule has 0 spiro atoms. The Bertz CT molecular complexity index is 1210. The maximum atomic E-state index is 12.8. The Balaban J connectivity index is 1.59. The van der Waals surface area contributed by atoms with Crippen LogP contribution in [0.5, 0.6) is 0 Å². The monoisotopic (exact) mass is 356 g/mol. The summed E-state index contributed by atoms with van der Waals surface area (Å²) < 4.78 is 67.4. The molecule has 1 aromatic carbocycles. The minimum absolute atomic E-state index is 0.223. The smallest absolute Gasteiger partial charge is 0.152 e. The van der Waals surface area contributed by atoms with E-state index in [0.717, 1.165) is 11.1 Å². The number of benzene rings is 1. The lowest BCUT2D eigenvalue weighted by Gasteiger charge is -2.25. The van der Waals surface area contributed by atoms with Crippen molar-refractivity contribution in [3.8, 4) is 11.1 Å². The van der Waals surface area contributed by atoms with Gasteiger partial charge in [0, 0.05) is 41.8 Å². The summed E-state index contributed by atoms with van der Waals surface area (Å²) in [5.74, 6) is -0.696. The predicted molar refractivity (Wildman–Crippen MR) is 98.7 cm³/mol. The van der Waals surface area contributed by atoms with E-state index in [4.69, 9.17) is 11.0 Å².